The molecule has 4 nitrogen and oxygen atoms in total. The summed E-state index contributed by atoms with van der Waals surface area (Å²) >= 11 is 0. The second-order valence-corrected chi connectivity index (χ2v) is 10.5. The molecule has 0 bridgehead atoms. The third-order valence-electron chi connectivity index (χ3n) is 8.05. The van der Waals surface area contributed by atoms with Gasteiger partial charge in [-0.05, 0) is 52.2 Å². The van der Waals surface area contributed by atoms with Crippen LogP contribution in [0.15, 0.2) is 24.3 Å². The quantitative estimate of drug-likeness (QED) is 0.142. The number of quaternary nitrogens is 1. The van der Waals surface area contributed by atoms with Crippen LogP contribution >= 0.6 is 0 Å². The zero-order chi connectivity index (χ0) is 25.0. The van der Waals surface area contributed by atoms with Gasteiger partial charge in [-0.25, -0.2) is 0 Å². The Hall–Kier alpha value is -0.780. The number of hydrogen-bond acceptors (Lipinski definition) is 3. The molecule has 0 aliphatic carbocycles. The van der Waals surface area contributed by atoms with E-state index in [1.54, 1.807) is 0 Å². The van der Waals surface area contributed by atoms with Crippen LogP contribution in [0.25, 0.3) is 0 Å². The Morgan fingerprint density at radius 3 is 1.69 bits per heavy atom. The molecule has 0 amide bonds. The van der Waals surface area contributed by atoms with E-state index in [1.165, 1.54) is 114 Å². The third-order valence-corrected chi connectivity index (χ3v) is 8.05. The maximum Gasteiger partial charge on any atom is 0.161 e. The average Bonchev–Trinajstić information content (AvgIpc) is 2.90. The molecule has 1 unspecified atom stereocenters. The van der Waals surface area contributed by atoms with Crippen molar-refractivity contribution in [2.24, 2.45) is 0 Å². The van der Waals surface area contributed by atoms with Gasteiger partial charge in [0.05, 0.1) is 32.8 Å². The molecular formula is C31H56BrNO3. The van der Waals surface area contributed by atoms with E-state index in [-0.39, 0.29) is 23.1 Å². The summed E-state index contributed by atoms with van der Waals surface area (Å²) in [5, 5.41) is 0. The van der Waals surface area contributed by atoms with Crippen molar-refractivity contribution < 1.29 is 35.7 Å². The Bertz CT molecular complexity index is 630. The van der Waals surface area contributed by atoms with Crippen LogP contribution in [-0.2, 0) is 4.74 Å². The van der Waals surface area contributed by atoms with Crippen LogP contribution in [0.2, 0.25) is 0 Å². The topological polar surface area (TPSA) is 27.7 Å². The standard InChI is InChI=1S/C31H56NO3.BrH/c1-4-32(5-2,6-3)25-21-17-15-13-11-9-7-8-10-12-14-16-18-22-26-33-27-29-28-34-30-23-19-20-24-31(30)35-29;/h19-20,23-24,29H,4-18,21-22,25-28H2,1-3H3;1H/q+1;/p-1. The summed E-state index contributed by atoms with van der Waals surface area (Å²) < 4.78 is 18.8. The number of halogens is 1. The molecule has 0 radical (unpaired) electrons. The van der Waals surface area contributed by atoms with E-state index >= 15 is 0 Å². The summed E-state index contributed by atoms with van der Waals surface area (Å²) in [4.78, 5) is 0. The Balaban J connectivity index is 0.00000648. The van der Waals surface area contributed by atoms with Gasteiger partial charge in [0.25, 0.3) is 0 Å². The largest absolute Gasteiger partial charge is 1.00 e. The smallest absolute Gasteiger partial charge is 0.161 e. The zero-order valence-electron chi connectivity index (χ0n) is 23.8. The summed E-state index contributed by atoms with van der Waals surface area (Å²) in [6, 6.07) is 7.86. The molecule has 0 N–H and O–H groups in total. The van der Waals surface area contributed by atoms with Gasteiger partial charge in [0.1, 0.15) is 6.61 Å². The van der Waals surface area contributed by atoms with Gasteiger partial charge in [-0.1, -0.05) is 82.8 Å². The first-order valence-corrected chi connectivity index (χ1v) is 15.0. The van der Waals surface area contributed by atoms with Crippen molar-refractivity contribution in [3.05, 3.63) is 24.3 Å². The number of para-hydroxylation sites is 2. The molecule has 1 heterocycles. The summed E-state index contributed by atoms with van der Waals surface area (Å²) in [5.74, 6) is 1.67. The van der Waals surface area contributed by atoms with Crippen molar-refractivity contribution in [2.75, 3.05) is 46.0 Å². The lowest BCUT2D eigenvalue weighted by Crippen LogP contribution is -3.00. The van der Waals surface area contributed by atoms with Gasteiger partial charge in [0, 0.05) is 6.61 Å². The van der Waals surface area contributed by atoms with Crippen LogP contribution in [0, 0.1) is 0 Å². The molecule has 0 aromatic heterocycles. The monoisotopic (exact) mass is 569 g/mol. The first kappa shape index (κ1) is 33.2. The van der Waals surface area contributed by atoms with Crippen molar-refractivity contribution in [3.8, 4) is 11.5 Å². The average molecular weight is 571 g/mol. The van der Waals surface area contributed by atoms with Crippen LogP contribution < -0.4 is 26.5 Å². The lowest BCUT2D eigenvalue weighted by molar-refractivity contribution is -0.923. The van der Waals surface area contributed by atoms with Gasteiger partial charge in [-0.15, -0.1) is 0 Å². The van der Waals surface area contributed by atoms with E-state index < -0.39 is 0 Å². The van der Waals surface area contributed by atoms with Crippen LogP contribution in [0.5, 0.6) is 11.5 Å². The molecule has 1 aliphatic heterocycles. The van der Waals surface area contributed by atoms with E-state index in [0.29, 0.717) is 13.2 Å². The minimum absolute atomic E-state index is 0. The molecule has 0 spiro atoms. The molecule has 1 aromatic rings. The van der Waals surface area contributed by atoms with Gasteiger partial charge in [-0.2, -0.15) is 0 Å². The van der Waals surface area contributed by atoms with Crippen molar-refractivity contribution >= 4 is 0 Å². The molecule has 36 heavy (non-hydrogen) atoms. The minimum atomic E-state index is 0. The van der Waals surface area contributed by atoms with Crippen LogP contribution in [-0.4, -0.2) is 56.6 Å². The molecule has 210 valence electrons. The second-order valence-electron chi connectivity index (χ2n) is 10.5. The predicted molar refractivity (Wildman–Crippen MR) is 149 cm³/mol. The maximum absolute atomic E-state index is 5.93. The van der Waals surface area contributed by atoms with Gasteiger partial charge in [-0.3, -0.25) is 0 Å². The van der Waals surface area contributed by atoms with E-state index in [1.807, 2.05) is 24.3 Å². The van der Waals surface area contributed by atoms with E-state index in [0.717, 1.165) is 24.5 Å². The van der Waals surface area contributed by atoms with Gasteiger partial charge >= 0.3 is 0 Å². The summed E-state index contributed by atoms with van der Waals surface area (Å²) in [6.45, 7) is 14.4. The fourth-order valence-corrected chi connectivity index (χ4v) is 5.28. The second kappa shape index (κ2) is 21.2. The van der Waals surface area contributed by atoms with Gasteiger partial charge in [0.2, 0.25) is 0 Å². The van der Waals surface area contributed by atoms with Crippen molar-refractivity contribution in [3.63, 3.8) is 0 Å². The van der Waals surface area contributed by atoms with Gasteiger partial charge in [0.15, 0.2) is 17.6 Å². The maximum atomic E-state index is 5.93. The molecule has 0 saturated heterocycles. The highest BCUT2D eigenvalue weighted by Crippen LogP contribution is 2.30. The first-order valence-electron chi connectivity index (χ1n) is 15.0. The van der Waals surface area contributed by atoms with Crippen molar-refractivity contribution in [1.29, 1.82) is 0 Å². The fourth-order valence-electron chi connectivity index (χ4n) is 5.28. The number of hydrogen-bond donors (Lipinski definition) is 0. The van der Waals surface area contributed by atoms with Crippen LogP contribution in [0.4, 0.5) is 0 Å². The molecule has 1 aliphatic rings. The van der Waals surface area contributed by atoms with Crippen LogP contribution in [0.1, 0.15) is 111 Å². The number of ether oxygens (including phenoxy) is 3. The SMILES string of the molecule is CC[N+](CC)(CC)CCCCCCCCCCCCCCCCOCC1COc2ccccc2O1.[Br-]. The third kappa shape index (κ3) is 13.7. The lowest BCUT2D eigenvalue weighted by Gasteiger charge is -2.35. The predicted octanol–water partition coefficient (Wildman–Crippen LogP) is 5.18. The molecule has 1 aromatic carbocycles. The fraction of sp³-hybridized carbons (Fsp3) is 0.806. The van der Waals surface area contributed by atoms with E-state index in [2.05, 4.69) is 20.8 Å². The highest BCUT2D eigenvalue weighted by molar-refractivity contribution is 5.40. The highest BCUT2D eigenvalue weighted by Gasteiger charge is 2.20. The molecule has 5 heteroatoms. The molecular weight excluding hydrogens is 514 g/mol. The Morgan fingerprint density at radius 2 is 1.17 bits per heavy atom. The number of rotatable bonds is 22. The van der Waals surface area contributed by atoms with E-state index in [9.17, 15) is 0 Å². The Kier molecular flexibility index (Phi) is 19.6. The molecule has 1 atom stereocenters. The highest BCUT2D eigenvalue weighted by atomic mass is 79.9. The number of benzene rings is 1. The molecule has 0 fully saturated rings. The summed E-state index contributed by atoms with van der Waals surface area (Å²) in [7, 11) is 0. The number of fused-ring (bicyclic) bond motifs is 1. The normalized spacial score (nSPS) is 15.0. The Morgan fingerprint density at radius 1 is 0.694 bits per heavy atom. The summed E-state index contributed by atoms with van der Waals surface area (Å²) in [5.41, 5.74) is 0. The molecule has 0 saturated carbocycles. The zero-order valence-corrected chi connectivity index (χ0v) is 25.4. The number of unbranched alkanes of at least 4 members (excludes halogenated alkanes) is 13. The number of nitrogens with zero attached hydrogens (tertiary/aromatic N) is 1. The molecule has 2 rings (SSSR count). The Labute approximate surface area is 233 Å². The summed E-state index contributed by atoms with van der Waals surface area (Å²) in [6.07, 6.45) is 19.5. The van der Waals surface area contributed by atoms with E-state index in [4.69, 9.17) is 14.2 Å². The first-order chi connectivity index (χ1) is 17.2. The lowest BCUT2D eigenvalue weighted by atomic mass is 10.0. The van der Waals surface area contributed by atoms with Gasteiger partial charge < -0.3 is 35.7 Å². The van der Waals surface area contributed by atoms with Crippen LogP contribution in [0.3, 0.4) is 0 Å². The van der Waals surface area contributed by atoms with Crippen molar-refractivity contribution in [2.45, 2.75) is 117 Å². The van der Waals surface area contributed by atoms with Crippen molar-refractivity contribution in [1.82, 2.24) is 0 Å². The minimum Gasteiger partial charge on any atom is -1.00 e.